The number of amides is 1. The molecule has 1 aromatic rings. The van der Waals surface area contributed by atoms with Gasteiger partial charge in [-0.1, -0.05) is 17.7 Å². The van der Waals surface area contributed by atoms with Crippen molar-refractivity contribution in [3.8, 4) is 0 Å². The molecule has 2 rings (SSSR count). The number of carbonyl (C=O) groups is 1. The summed E-state index contributed by atoms with van der Waals surface area (Å²) in [5, 5.41) is 4.06. The SMILES string of the molecule is CC(C)(C)OC(=O)N1CCCCC1CNc1cccc(Cl)c1Br. The number of hydrogen-bond donors (Lipinski definition) is 1. The number of likely N-dealkylation sites (tertiary alicyclic amines) is 1. The van der Waals surface area contributed by atoms with Crippen LogP contribution in [0.3, 0.4) is 0 Å². The van der Waals surface area contributed by atoms with E-state index in [1.807, 2.05) is 43.9 Å². The highest BCUT2D eigenvalue weighted by molar-refractivity contribution is 9.10. The maximum atomic E-state index is 12.4. The highest BCUT2D eigenvalue weighted by Gasteiger charge is 2.30. The first-order valence-corrected chi connectivity index (χ1v) is 9.12. The van der Waals surface area contributed by atoms with Gasteiger partial charge in [-0.05, 0) is 68.1 Å². The van der Waals surface area contributed by atoms with Crippen LogP contribution in [-0.4, -0.2) is 35.7 Å². The third kappa shape index (κ3) is 5.28. The van der Waals surface area contributed by atoms with Gasteiger partial charge in [-0.15, -0.1) is 0 Å². The predicted octanol–water partition coefficient (Wildman–Crippen LogP) is 5.30. The van der Waals surface area contributed by atoms with Gasteiger partial charge in [0.15, 0.2) is 0 Å². The zero-order valence-corrected chi connectivity index (χ0v) is 16.2. The lowest BCUT2D eigenvalue weighted by atomic mass is 10.0. The molecule has 0 spiro atoms. The van der Waals surface area contributed by atoms with Gasteiger partial charge in [-0.3, -0.25) is 0 Å². The summed E-state index contributed by atoms with van der Waals surface area (Å²) < 4.78 is 6.38. The average molecular weight is 404 g/mol. The standard InChI is InChI=1S/C17H24BrClN2O2/c1-17(2,3)23-16(22)21-10-5-4-7-12(21)11-20-14-9-6-8-13(19)15(14)18/h6,8-9,12,20H,4-5,7,10-11H2,1-3H3. The summed E-state index contributed by atoms with van der Waals surface area (Å²) in [6.45, 7) is 7.11. The molecule has 0 saturated carbocycles. The fourth-order valence-electron chi connectivity index (χ4n) is 2.64. The van der Waals surface area contributed by atoms with E-state index in [1.165, 1.54) is 0 Å². The minimum absolute atomic E-state index is 0.129. The number of nitrogens with zero attached hydrogens (tertiary/aromatic N) is 1. The van der Waals surface area contributed by atoms with Crippen molar-refractivity contribution in [1.82, 2.24) is 4.90 Å². The average Bonchev–Trinajstić information content (AvgIpc) is 2.47. The molecule has 6 heteroatoms. The number of hydrogen-bond acceptors (Lipinski definition) is 3. The molecule has 1 unspecified atom stereocenters. The first-order chi connectivity index (χ1) is 10.8. The van der Waals surface area contributed by atoms with E-state index in [9.17, 15) is 4.79 Å². The summed E-state index contributed by atoms with van der Waals surface area (Å²) in [7, 11) is 0. The first-order valence-electron chi connectivity index (χ1n) is 7.95. The van der Waals surface area contributed by atoms with Crippen LogP contribution in [0.4, 0.5) is 10.5 Å². The number of nitrogens with one attached hydrogen (secondary N) is 1. The Morgan fingerprint density at radius 2 is 2.17 bits per heavy atom. The van der Waals surface area contributed by atoms with Crippen LogP contribution in [0.15, 0.2) is 22.7 Å². The van der Waals surface area contributed by atoms with Crippen LogP contribution < -0.4 is 5.32 Å². The number of halogens is 2. The molecule has 4 nitrogen and oxygen atoms in total. The number of piperidine rings is 1. The summed E-state index contributed by atoms with van der Waals surface area (Å²) in [5.74, 6) is 0. The van der Waals surface area contributed by atoms with Crippen molar-refractivity contribution < 1.29 is 9.53 Å². The molecule has 0 bridgehead atoms. The van der Waals surface area contributed by atoms with Crippen molar-refractivity contribution in [2.75, 3.05) is 18.4 Å². The lowest BCUT2D eigenvalue weighted by molar-refractivity contribution is 0.0114. The molecule has 128 valence electrons. The summed E-state index contributed by atoms with van der Waals surface area (Å²) in [4.78, 5) is 14.2. The second-order valence-corrected chi connectivity index (χ2v) is 8.01. The Labute approximate surface area is 151 Å². The van der Waals surface area contributed by atoms with Crippen LogP contribution in [0, 0.1) is 0 Å². The van der Waals surface area contributed by atoms with E-state index in [1.54, 1.807) is 0 Å². The minimum atomic E-state index is -0.470. The van der Waals surface area contributed by atoms with Crippen molar-refractivity contribution in [2.24, 2.45) is 0 Å². The lowest BCUT2D eigenvalue weighted by Gasteiger charge is -2.37. The van der Waals surface area contributed by atoms with E-state index < -0.39 is 5.60 Å². The van der Waals surface area contributed by atoms with E-state index in [2.05, 4.69) is 21.2 Å². The highest BCUT2D eigenvalue weighted by Crippen LogP contribution is 2.30. The molecule has 1 aliphatic rings. The molecule has 0 aliphatic carbocycles. The maximum Gasteiger partial charge on any atom is 0.410 e. The lowest BCUT2D eigenvalue weighted by Crippen LogP contribution is -2.48. The van der Waals surface area contributed by atoms with Crippen molar-refractivity contribution in [1.29, 1.82) is 0 Å². The molecule has 1 heterocycles. The van der Waals surface area contributed by atoms with Gasteiger partial charge in [0.05, 0.1) is 21.2 Å². The third-order valence-electron chi connectivity index (χ3n) is 3.73. The number of ether oxygens (including phenoxy) is 1. The van der Waals surface area contributed by atoms with Gasteiger partial charge in [-0.25, -0.2) is 4.79 Å². The molecule has 1 N–H and O–H groups in total. The van der Waals surface area contributed by atoms with Gasteiger partial charge in [0.1, 0.15) is 5.60 Å². The van der Waals surface area contributed by atoms with E-state index in [0.29, 0.717) is 11.6 Å². The normalized spacial score (nSPS) is 18.7. The Morgan fingerprint density at radius 1 is 1.43 bits per heavy atom. The maximum absolute atomic E-state index is 12.4. The molecular formula is C17H24BrClN2O2. The van der Waals surface area contributed by atoms with E-state index in [4.69, 9.17) is 16.3 Å². The molecular weight excluding hydrogens is 380 g/mol. The van der Waals surface area contributed by atoms with Crippen LogP contribution in [0.25, 0.3) is 0 Å². The predicted molar refractivity (Wildman–Crippen MR) is 98.2 cm³/mol. The second kappa shape index (κ2) is 7.75. The highest BCUT2D eigenvalue weighted by atomic mass is 79.9. The van der Waals surface area contributed by atoms with E-state index in [0.717, 1.165) is 36.0 Å². The topological polar surface area (TPSA) is 41.6 Å². The first kappa shape index (κ1) is 18.4. The summed E-state index contributed by atoms with van der Waals surface area (Å²) >= 11 is 9.61. The molecule has 23 heavy (non-hydrogen) atoms. The van der Waals surface area contributed by atoms with Gasteiger partial charge >= 0.3 is 6.09 Å². The third-order valence-corrected chi connectivity index (χ3v) is 5.13. The molecule has 1 aromatic carbocycles. The Hall–Kier alpha value is -0.940. The van der Waals surface area contributed by atoms with Gasteiger partial charge in [-0.2, -0.15) is 0 Å². The van der Waals surface area contributed by atoms with Gasteiger partial charge in [0, 0.05) is 13.1 Å². The number of carbonyl (C=O) groups excluding carboxylic acids is 1. The van der Waals surface area contributed by atoms with Crippen molar-refractivity contribution in [3.05, 3.63) is 27.7 Å². The quantitative estimate of drug-likeness (QED) is 0.744. The fourth-order valence-corrected chi connectivity index (χ4v) is 3.22. The molecule has 1 aliphatic heterocycles. The number of rotatable bonds is 3. The molecule has 0 radical (unpaired) electrons. The molecule has 1 atom stereocenters. The monoisotopic (exact) mass is 402 g/mol. The van der Waals surface area contributed by atoms with Crippen LogP contribution in [0.5, 0.6) is 0 Å². The summed E-state index contributed by atoms with van der Waals surface area (Å²) in [5.41, 5.74) is 0.467. The van der Waals surface area contributed by atoms with Gasteiger partial charge < -0.3 is 15.0 Å². The zero-order chi connectivity index (χ0) is 17.0. The van der Waals surface area contributed by atoms with Crippen LogP contribution in [0.2, 0.25) is 5.02 Å². The molecule has 0 aromatic heterocycles. The minimum Gasteiger partial charge on any atom is -0.444 e. The summed E-state index contributed by atoms with van der Waals surface area (Å²) in [6, 6.07) is 5.84. The van der Waals surface area contributed by atoms with E-state index >= 15 is 0 Å². The Bertz CT molecular complexity index is 560. The summed E-state index contributed by atoms with van der Waals surface area (Å²) in [6.07, 6.45) is 2.90. The molecule has 1 saturated heterocycles. The van der Waals surface area contributed by atoms with Crippen LogP contribution >= 0.6 is 27.5 Å². The Morgan fingerprint density at radius 3 is 2.87 bits per heavy atom. The fraction of sp³-hybridized carbons (Fsp3) is 0.588. The van der Waals surface area contributed by atoms with Crippen molar-refractivity contribution >= 4 is 39.3 Å². The largest absolute Gasteiger partial charge is 0.444 e. The zero-order valence-electron chi connectivity index (χ0n) is 13.9. The van der Waals surface area contributed by atoms with Crippen LogP contribution in [0.1, 0.15) is 40.0 Å². The Kier molecular flexibility index (Phi) is 6.20. The smallest absolute Gasteiger partial charge is 0.410 e. The van der Waals surface area contributed by atoms with Crippen LogP contribution in [-0.2, 0) is 4.74 Å². The second-order valence-electron chi connectivity index (χ2n) is 6.81. The van der Waals surface area contributed by atoms with E-state index in [-0.39, 0.29) is 12.1 Å². The number of anilines is 1. The van der Waals surface area contributed by atoms with Gasteiger partial charge in [0.25, 0.3) is 0 Å². The number of benzene rings is 1. The molecule has 1 amide bonds. The van der Waals surface area contributed by atoms with Gasteiger partial charge in [0.2, 0.25) is 0 Å². The van der Waals surface area contributed by atoms with Crippen molar-refractivity contribution in [3.63, 3.8) is 0 Å². The van der Waals surface area contributed by atoms with Crippen molar-refractivity contribution in [2.45, 2.75) is 51.7 Å². The molecule has 1 fully saturated rings. The Balaban J connectivity index is 2.01.